The van der Waals surface area contributed by atoms with Crippen LogP contribution < -0.4 is 0 Å². The van der Waals surface area contributed by atoms with E-state index in [4.69, 9.17) is 9.84 Å². The van der Waals surface area contributed by atoms with Gasteiger partial charge in [-0.1, -0.05) is 13.0 Å². The zero-order valence-electron chi connectivity index (χ0n) is 6.55. The first-order valence-corrected chi connectivity index (χ1v) is 3.60. The SMILES string of the molecule is C=CCOCC[C@H](C)CO. The van der Waals surface area contributed by atoms with Crippen molar-refractivity contribution in [2.45, 2.75) is 13.3 Å². The monoisotopic (exact) mass is 144 g/mol. The highest BCUT2D eigenvalue weighted by Gasteiger charge is 1.97. The third-order valence-electron chi connectivity index (χ3n) is 1.30. The standard InChI is InChI=1S/C8H16O2/c1-3-5-10-6-4-8(2)7-9/h3,8-9H,1,4-7H2,2H3/t8-/m0/s1. The van der Waals surface area contributed by atoms with Gasteiger partial charge in [-0.2, -0.15) is 0 Å². The average molecular weight is 144 g/mol. The normalized spacial score (nSPS) is 13.0. The van der Waals surface area contributed by atoms with E-state index < -0.39 is 0 Å². The zero-order valence-corrected chi connectivity index (χ0v) is 6.55. The van der Waals surface area contributed by atoms with Crippen LogP contribution in [0.3, 0.4) is 0 Å². The molecule has 0 aromatic heterocycles. The van der Waals surface area contributed by atoms with Crippen LogP contribution in [0.5, 0.6) is 0 Å². The summed E-state index contributed by atoms with van der Waals surface area (Å²) >= 11 is 0. The van der Waals surface area contributed by atoms with Crippen LogP contribution in [-0.2, 0) is 4.74 Å². The van der Waals surface area contributed by atoms with Crippen LogP contribution in [-0.4, -0.2) is 24.9 Å². The van der Waals surface area contributed by atoms with Gasteiger partial charge in [0.05, 0.1) is 6.61 Å². The van der Waals surface area contributed by atoms with E-state index in [-0.39, 0.29) is 6.61 Å². The van der Waals surface area contributed by atoms with Crippen LogP contribution in [0.2, 0.25) is 0 Å². The zero-order chi connectivity index (χ0) is 7.82. The molecular weight excluding hydrogens is 128 g/mol. The predicted molar refractivity (Wildman–Crippen MR) is 41.9 cm³/mol. The summed E-state index contributed by atoms with van der Waals surface area (Å²) in [4.78, 5) is 0. The number of aliphatic hydroxyl groups is 1. The second-order valence-corrected chi connectivity index (χ2v) is 2.44. The molecule has 0 heterocycles. The summed E-state index contributed by atoms with van der Waals surface area (Å²) in [5.41, 5.74) is 0. The molecule has 0 saturated carbocycles. The Hall–Kier alpha value is -0.340. The summed E-state index contributed by atoms with van der Waals surface area (Å²) in [6.07, 6.45) is 2.65. The largest absolute Gasteiger partial charge is 0.396 e. The van der Waals surface area contributed by atoms with Gasteiger partial charge in [-0.15, -0.1) is 6.58 Å². The van der Waals surface area contributed by atoms with Crippen LogP contribution in [0, 0.1) is 5.92 Å². The van der Waals surface area contributed by atoms with E-state index in [1.807, 2.05) is 6.92 Å². The van der Waals surface area contributed by atoms with Gasteiger partial charge in [-0.25, -0.2) is 0 Å². The lowest BCUT2D eigenvalue weighted by Crippen LogP contribution is -2.05. The van der Waals surface area contributed by atoms with Crippen molar-refractivity contribution < 1.29 is 9.84 Å². The molecule has 1 atom stereocenters. The quantitative estimate of drug-likeness (QED) is 0.448. The van der Waals surface area contributed by atoms with Gasteiger partial charge in [0, 0.05) is 13.2 Å². The van der Waals surface area contributed by atoms with Crippen LogP contribution in [0.25, 0.3) is 0 Å². The van der Waals surface area contributed by atoms with Gasteiger partial charge in [0.25, 0.3) is 0 Å². The van der Waals surface area contributed by atoms with Crippen molar-refractivity contribution in [1.82, 2.24) is 0 Å². The van der Waals surface area contributed by atoms with E-state index >= 15 is 0 Å². The van der Waals surface area contributed by atoms with E-state index in [2.05, 4.69) is 6.58 Å². The summed E-state index contributed by atoms with van der Waals surface area (Å²) in [6.45, 7) is 7.09. The topological polar surface area (TPSA) is 29.5 Å². The maximum Gasteiger partial charge on any atom is 0.0644 e. The van der Waals surface area contributed by atoms with Crippen LogP contribution >= 0.6 is 0 Å². The van der Waals surface area contributed by atoms with Crippen molar-refractivity contribution in [2.75, 3.05) is 19.8 Å². The van der Waals surface area contributed by atoms with Crippen molar-refractivity contribution in [3.63, 3.8) is 0 Å². The Bertz CT molecular complexity index is 81.3. The van der Waals surface area contributed by atoms with E-state index in [0.29, 0.717) is 19.1 Å². The molecule has 0 unspecified atom stereocenters. The van der Waals surface area contributed by atoms with Crippen molar-refractivity contribution in [3.05, 3.63) is 12.7 Å². The summed E-state index contributed by atoms with van der Waals surface area (Å²) in [6, 6.07) is 0. The first-order chi connectivity index (χ1) is 4.81. The molecule has 0 amide bonds. The van der Waals surface area contributed by atoms with Gasteiger partial charge >= 0.3 is 0 Å². The fraction of sp³-hybridized carbons (Fsp3) is 0.750. The Morgan fingerprint density at radius 2 is 2.40 bits per heavy atom. The number of ether oxygens (including phenoxy) is 1. The Kier molecular flexibility index (Phi) is 6.55. The first-order valence-electron chi connectivity index (χ1n) is 3.60. The summed E-state index contributed by atoms with van der Waals surface area (Å²) in [5, 5.41) is 8.62. The summed E-state index contributed by atoms with van der Waals surface area (Å²) in [5.74, 6) is 0.352. The molecule has 10 heavy (non-hydrogen) atoms. The highest BCUT2D eigenvalue weighted by Crippen LogP contribution is 1.99. The maximum atomic E-state index is 8.62. The van der Waals surface area contributed by atoms with E-state index in [1.54, 1.807) is 6.08 Å². The minimum Gasteiger partial charge on any atom is -0.396 e. The fourth-order valence-electron chi connectivity index (χ4n) is 0.542. The van der Waals surface area contributed by atoms with Gasteiger partial charge in [0.15, 0.2) is 0 Å². The van der Waals surface area contributed by atoms with Crippen molar-refractivity contribution in [1.29, 1.82) is 0 Å². The highest BCUT2D eigenvalue weighted by atomic mass is 16.5. The van der Waals surface area contributed by atoms with Crippen LogP contribution in [0.15, 0.2) is 12.7 Å². The van der Waals surface area contributed by atoms with E-state index in [9.17, 15) is 0 Å². The summed E-state index contributed by atoms with van der Waals surface area (Å²) in [7, 11) is 0. The molecule has 0 aromatic rings. The molecule has 0 rings (SSSR count). The van der Waals surface area contributed by atoms with Crippen molar-refractivity contribution in [2.24, 2.45) is 5.92 Å². The number of hydrogen-bond acceptors (Lipinski definition) is 2. The molecule has 0 fully saturated rings. The molecule has 0 bridgehead atoms. The fourth-order valence-corrected chi connectivity index (χ4v) is 0.542. The molecule has 1 N–H and O–H groups in total. The average Bonchev–Trinajstić information content (AvgIpc) is 1.98. The molecule has 0 aliphatic carbocycles. The molecule has 0 saturated heterocycles. The lowest BCUT2D eigenvalue weighted by Gasteiger charge is -2.06. The third-order valence-corrected chi connectivity index (χ3v) is 1.30. The molecule has 60 valence electrons. The van der Waals surface area contributed by atoms with Crippen LogP contribution in [0.1, 0.15) is 13.3 Å². The smallest absolute Gasteiger partial charge is 0.0644 e. The van der Waals surface area contributed by atoms with Gasteiger partial charge in [-0.3, -0.25) is 0 Å². The molecule has 0 aliphatic heterocycles. The van der Waals surface area contributed by atoms with Crippen molar-refractivity contribution in [3.8, 4) is 0 Å². The minimum atomic E-state index is 0.247. The molecular formula is C8H16O2. The number of hydrogen-bond donors (Lipinski definition) is 1. The molecule has 0 aliphatic rings. The molecule has 2 nitrogen and oxygen atoms in total. The van der Waals surface area contributed by atoms with Gasteiger partial charge in [0.2, 0.25) is 0 Å². The van der Waals surface area contributed by atoms with Crippen molar-refractivity contribution >= 4 is 0 Å². The Morgan fingerprint density at radius 3 is 2.90 bits per heavy atom. The minimum absolute atomic E-state index is 0.247. The van der Waals surface area contributed by atoms with Gasteiger partial charge < -0.3 is 9.84 Å². The van der Waals surface area contributed by atoms with E-state index in [0.717, 1.165) is 6.42 Å². The summed E-state index contributed by atoms with van der Waals surface area (Å²) < 4.78 is 5.13. The highest BCUT2D eigenvalue weighted by molar-refractivity contribution is 4.63. The Balaban J connectivity index is 2.95. The maximum absolute atomic E-state index is 8.62. The Morgan fingerprint density at radius 1 is 1.70 bits per heavy atom. The lowest BCUT2D eigenvalue weighted by atomic mass is 10.1. The lowest BCUT2D eigenvalue weighted by molar-refractivity contribution is 0.131. The van der Waals surface area contributed by atoms with Crippen LogP contribution in [0.4, 0.5) is 0 Å². The van der Waals surface area contributed by atoms with Gasteiger partial charge in [0.1, 0.15) is 0 Å². The van der Waals surface area contributed by atoms with E-state index in [1.165, 1.54) is 0 Å². The molecule has 0 spiro atoms. The second kappa shape index (κ2) is 6.78. The third kappa shape index (κ3) is 5.79. The van der Waals surface area contributed by atoms with Gasteiger partial charge in [-0.05, 0) is 12.3 Å². The Labute approximate surface area is 62.5 Å². The number of rotatable bonds is 6. The molecule has 0 aromatic carbocycles. The first kappa shape index (κ1) is 9.66. The second-order valence-electron chi connectivity index (χ2n) is 2.44. The predicted octanol–water partition coefficient (Wildman–Crippen LogP) is 1.21. The molecule has 2 heteroatoms. The molecule has 0 radical (unpaired) electrons. The number of aliphatic hydroxyl groups excluding tert-OH is 1.